The highest BCUT2D eigenvalue weighted by molar-refractivity contribution is 7.09. The normalized spacial score (nSPS) is 10.8. The van der Waals surface area contributed by atoms with Gasteiger partial charge in [0.1, 0.15) is 11.6 Å². The number of nitrogens with one attached hydrogen (secondary N) is 1. The number of aromatic nitrogens is 1. The minimum absolute atomic E-state index is 0.464. The van der Waals surface area contributed by atoms with Gasteiger partial charge in [-0.25, -0.2) is 13.8 Å². The molecule has 1 aromatic heterocycles. The maximum atomic E-state index is 13.0. The molecule has 96 valence electrons. The van der Waals surface area contributed by atoms with Crippen LogP contribution in [0.15, 0.2) is 23.6 Å². The van der Waals surface area contributed by atoms with Crippen molar-refractivity contribution in [3.63, 3.8) is 0 Å². The second kappa shape index (κ2) is 6.02. The lowest BCUT2D eigenvalue weighted by Crippen LogP contribution is -2.11. The van der Waals surface area contributed by atoms with E-state index in [9.17, 15) is 8.78 Å². The van der Waals surface area contributed by atoms with Gasteiger partial charge in [-0.2, -0.15) is 0 Å². The third-order valence-electron chi connectivity index (χ3n) is 2.43. The van der Waals surface area contributed by atoms with Gasteiger partial charge in [0.25, 0.3) is 0 Å². The summed E-state index contributed by atoms with van der Waals surface area (Å²) < 4.78 is 26.1. The molecule has 0 radical (unpaired) electrons. The number of hydrogen-bond acceptors (Lipinski definition) is 3. The Bertz CT molecular complexity index is 505. The minimum atomic E-state index is -0.547. The molecule has 18 heavy (non-hydrogen) atoms. The van der Waals surface area contributed by atoms with Gasteiger partial charge in [-0.15, -0.1) is 11.3 Å². The van der Waals surface area contributed by atoms with Crippen molar-refractivity contribution >= 4 is 11.3 Å². The van der Waals surface area contributed by atoms with Crippen LogP contribution in [0, 0.1) is 11.6 Å². The van der Waals surface area contributed by atoms with Gasteiger partial charge in [-0.3, -0.25) is 0 Å². The molecular weight excluding hydrogens is 254 g/mol. The molecule has 2 nitrogen and oxygen atoms in total. The lowest BCUT2D eigenvalue weighted by atomic mass is 10.1. The molecule has 5 heteroatoms. The van der Waals surface area contributed by atoms with Gasteiger partial charge in [-0.05, 0) is 24.2 Å². The van der Waals surface area contributed by atoms with E-state index in [1.54, 1.807) is 0 Å². The Labute approximate surface area is 109 Å². The minimum Gasteiger partial charge on any atom is -0.311 e. The molecule has 0 fully saturated rings. The van der Waals surface area contributed by atoms with E-state index in [0.717, 1.165) is 29.9 Å². The van der Waals surface area contributed by atoms with Crippen molar-refractivity contribution in [2.24, 2.45) is 0 Å². The SMILES string of the molecule is CCNCc1csc(Cc2cc(F)cc(F)c2)n1. The summed E-state index contributed by atoms with van der Waals surface area (Å²) in [6.45, 7) is 3.65. The number of hydrogen-bond donors (Lipinski definition) is 1. The Morgan fingerprint density at radius 1 is 1.22 bits per heavy atom. The smallest absolute Gasteiger partial charge is 0.126 e. The van der Waals surface area contributed by atoms with Crippen LogP contribution < -0.4 is 5.32 Å². The molecule has 0 saturated heterocycles. The van der Waals surface area contributed by atoms with E-state index in [0.29, 0.717) is 12.0 Å². The lowest BCUT2D eigenvalue weighted by molar-refractivity contribution is 0.580. The van der Waals surface area contributed by atoms with Crippen molar-refractivity contribution in [1.29, 1.82) is 0 Å². The molecule has 0 atom stereocenters. The lowest BCUT2D eigenvalue weighted by Gasteiger charge is -1.99. The summed E-state index contributed by atoms with van der Waals surface area (Å²) >= 11 is 1.51. The van der Waals surface area contributed by atoms with Crippen molar-refractivity contribution in [2.75, 3.05) is 6.54 Å². The fraction of sp³-hybridized carbons (Fsp3) is 0.308. The van der Waals surface area contributed by atoms with Gasteiger partial charge in [0, 0.05) is 24.4 Å². The van der Waals surface area contributed by atoms with E-state index in [1.807, 2.05) is 12.3 Å². The van der Waals surface area contributed by atoms with Crippen molar-refractivity contribution < 1.29 is 8.78 Å². The van der Waals surface area contributed by atoms with E-state index >= 15 is 0 Å². The average Bonchev–Trinajstić information content (AvgIpc) is 2.72. The molecule has 0 aliphatic heterocycles. The molecule has 0 bridgehead atoms. The summed E-state index contributed by atoms with van der Waals surface area (Å²) in [4.78, 5) is 4.41. The average molecular weight is 268 g/mol. The predicted molar refractivity (Wildman–Crippen MR) is 68.7 cm³/mol. The van der Waals surface area contributed by atoms with Crippen LogP contribution in [0.5, 0.6) is 0 Å². The molecule has 2 rings (SSSR count). The monoisotopic (exact) mass is 268 g/mol. The second-order valence-corrected chi connectivity index (χ2v) is 4.91. The highest BCUT2D eigenvalue weighted by Gasteiger charge is 2.05. The van der Waals surface area contributed by atoms with Gasteiger partial charge in [0.15, 0.2) is 0 Å². The van der Waals surface area contributed by atoms with Gasteiger partial charge < -0.3 is 5.32 Å². The molecule has 0 amide bonds. The molecule has 0 aliphatic carbocycles. The Morgan fingerprint density at radius 2 is 1.94 bits per heavy atom. The highest BCUT2D eigenvalue weighted by Crippen LogP contribution is 2.16. The van der Waals surface area contributed by atoms with Crippen LogP contribution in [0.25, 0.3) is 0 Å². The summed E-state index contributed by atoms with van der Waals surface area (Å²) in [6.07, 6.45) is 0.464. The van der Waals surface area contributed by atoms with Gasteiger partial charge in [0.2, 0.25) is 0 Å². The van der Waals surface area contributed by atoms with Crippen molar-refractivity contribution in [3.8, 4) is 0 Å². The van der Waals surface area contributed by atoms with Crippen LogP contribution in [0.3, 0.4) is 0 Å². The standard InChI is InChI=1S/C13H14F2N2S/c1-2-16-7-12-8-18-13(17-12)5-9-3-10(14)6-11(15)4-9/h3-4,6,8,16H,2,5,7H2,1H3. The van der Waals surface area contributed by atoms with Crippen molar-refractivity contribution in [3.05, 3.63) is 51.5 Å². The number of rotatable bonds is 5. The van der Waals surface area contributed by atoms with Gasteiger partial charge in [0.05, 0.1) is 10.7 Å². The van der Waals surface area contributed by atoms with Crippen LogP contribution in [0.1, 0.15) is 23.2 Å². The number of nitrogens with zero attached hydrogens (tertiary/aromatic N) is 1. The Morgan fingerprint density at radius 3 is 2.61 bits per heavy atom. The molecule has 0 spiro atoms. The predicted octanol–water partition coefficient (Wildman–Crippen LogP) is 3.12. The molecule has 1 heterocycles. The molecule has 0 saturated carbocycles. The molecule has 1 N–H and O–H groups in total. The topological polar surface area (TPSA) is 24.9 Å². The zero-order chi connectivity index (χ0) is 13.0. The van der Waals surface area contributed by atoms with E-state index in [4.69, 9.17) is 0 Å². The number of thiazole rings is 1. The van der Waals surface area contributed by atoms with E-state index in [1.165, 1.54) is 23.5 Å². The Kier molecular flexibility index (Phi) is 4.38. The third kappa shape index (κ3) is 3.58. The first-order valence-corrected chi connectivity index (χ1v) is 6.64. The molecule has 0 aliphatic rings. The van der Waals surface area contributed by atoms with E-state index in [-0.39, 0.29) is 0 Å². The second-order valence-electron chi connectivity index (χ2n) is 3.97. The Hall–Kier alpha value is -1.33. The zero-order valence-electron chi connectivity index (χ0n) is 10.0. The molecule has 0 unspecified atom stereocenters. The van der Waals surface area contributed by atoms with Crippen LogP contribution in [-0.2, 0) is 13.0 Å². The van der Waals surface area contributed by atoms with Crippen LogP contribution >= 0.6 is 11.3 Å². The highest BCUT2D eigenvalue weighted by atomic mass is 32.1. The maximum Gasteiger partial charge on any atom is 0.126 e. The first kappa shape index (κ1) is 13.1. The molecule has 1 aromatic carbocycles. The maximum absolute atomic E-state index is 13.0. The van der Waals surface area contributed by atoms with E-state index < -0.39 is 11.6 Å². The van der Waals surface area contributed by atoms with Gasteiger partial charge >= 0.3 is 0 Å². The fourth-order valence-corrected chi connectivity index (χ4v) is 2.48. The van der Waals surface area contributed by atoms with Crippen LogP contribution in [0.4, 0.5) is 8.78 Å². The van der Waals surface area contributed by atoms with Crippen LogP contribution in [0.2, 0.25) is 0 Å². The first-order chi connectivity index (χ1) is 8.67. The molecular formula is C13H14F2N2S. The quantitative estimate of drug-likeness (QED) is 0.901. The van der Waals surface area contributed by atoms with Gasteiger partial charge in [-0.1, -0.05) is 6.92 Å². The van der Waals surface area contributed by atoms with Crippen molar-refractivity contribution in [2.45, 2.75) is 19.9 Å². The van der Waals surface area contributed by atoms with Crippen LogP contribution in [-0.4, -0.2) is 11.5 Å². The zero-order valence-corrected chi connectivity index (χ0v) is 10.9. The molecule has 2 aromatic rings. The summed E-state index contributed by atoms with van der Waals surface area (Å²) in [7, 11) is 0. The Balaban J connectivity index is 2.06. The fourth-order valence-electron chi connectivity index (χ4n) is 1.65. The first-order valence-electron chi connectivity index (χ1n) is 5.76. The summed E-state index contributed by atoms with van der Waals surface area (Å²) in [5.74, 6) is -1.09. The number of benzene rings is 1. The van der Waals surface area contributed by atoms with E-state index in [2.05, 4.69) is 10.3 Å². The number of halogens is 2. The summed E-state index contributed by atoms with van der Waals surface area (Å²) in [6, 6.07) is 3.56. The third-order valence-corrected chi connectivity index (χ3v) is 3.33. The summed E-state index contributed by atoms with van der Waals surface area (Å²) in [5.41, 5.74) is 1.57. The largest absolute Gasteiger partial charge is 0.311 e. The van der Waals surface area contributed by atoms with Crippen molar-refractivity contribution in [1.82, 2.24) is 10.3 Å². The summed E-state index contributed by atoms with van der Waals surface area (Å²) in [5, 5.41) is 6.02.